The van der Waals surface area contributed by atoms with Gasteiger partial charge in [-0.25, -0.2) is 4.79 Å². The summed E-state index contributed by atoms with van der Waals surface area (Å²) in [5, 5.41) is 5.98. The first-order valence-electron chi connectivity index (χ1n) is 5.49. The Kier molecular flexibility index (Phi) is 3.57. The molecule has 0 amide bonds. The number of oxime groups is 1. The Hall–Kier alpha value is -2.36. The van der Waals surface area contributed by atoms with E-state index in [-0.39, 0.29) is 0 Å². The Morgan fingerprint density at radius 3 is 2.56 bits per heavy atom. The highest BCUT2D eigenvalue weighted by molar-refractivity contribution is 6.01. The molecule has 0 aliphatic heterocycles. The molecule has 0 N–H and O–H groups in total. The lowest BCUT2D eigenvalue weighted by atomic mass is 10.0. The normalized spacial score (nSPS) is 11.3. The number of hydrogen-bond donors (Lipinski definition) is 0. The summed E-state index contributed by atoms with van der Waals surface area (Å²) in [6.07, 6.45) is -0.824. The van der Waals surface area contributed by atoms with Crippen LogP contribution in [0.5, 0.6) is 0 Å². The first-order chi connectivity index (χ1) is 8.70. The van der Waals surface area contributed by atoms with Crippen molar-refractivity contribution in [3.05, 3.63) is 48.0 Å². The molecule has 0 fully saturated rings. The Morgan fingerprint density at radius 1 is 1.11 bits per heavy atom. The lowest BCUT2D eigenvalue weighted by molar-refractivity contribution is 0.0753. The highest BCUT2D eigenvalue weighted by atomic mass is 16.8. The number of carbonyl (C=O) groups excluding carboxylic acids is 1. The highest BCUT2D eigenvalue weighted by Crippen LogP contribution is 2.16. The van der Waals surface area contributed by atoms with Crippen LogP contribution in [0.2, 0.25) is 0 Å². The van der Waals surface area contributed by atoms with Gasteiger partial charge in [0.05, 0.1) is 12.8 Å². The quantitative estimate of drug-likeness (QED) is 0.352. The average Bonchev–Trinajstić information content (AvgIpc) is 2.43. The first kappa shape index (κ1) is 12.1. The zero-order valence-electron chi connectivity index (χ0n) is 10.2. The number of carbonyl (C=O) groups is 1. The second-order valence-electron chi connectivity index (χ2n) is 3.78. The second-order valence-corrected chi connectivity index (χ2v) is 3.78. The van der Waals surface area contributed by atoms with Gasteiger partial charge in [-0.15, -0.1) is 0 Å². The number of hydrogen-bond acceptors (Lipinski definition) is 4. The molecular formula is C14H13NO3. The molecule has 0 aliphatic carbocycles. The molecule has 0 saturated heterocycles. The molecule has 2 rings (SSSR count). The van der Waals surface area contributed by atoms with Crippen LogP contribution in [0, 0.1) is 0 Å². The van der Waals surface area contributed by atoms with Crippen LogP contribution in [0.3, 0.4) is 0 Å². The van der Waals surface area contributed by atoms with Crippen molar-refractivity contribution in [1.29, 1.82) is 0 Å². The Labute approximate surface area is 105 Å². The standard InChI is InChI=1S/C14H13NO3/c1-10(15-18-14(16)17-2)12-8-7-11-5-3-4-6-13(11)9-12/h3-9H,1-2H3/b15-10+. The van der Waals surface area contributed by atoms with Crippen molar-refractivity contribution in [3.8, 4) is 0 Å². The van der Waals surface area contributed by atoms with Crippen molar-refractivity contribution < 1.29 is 14.4 Å². The van der Waals surface area contributed by atoms with Gasteiger partial charge in [0, 0.05) is 0 Å². The molecular weight excluding hydrogens is 230 g/mol. The maximum absolute atomic E-state index is 10.8. The van der Waals surface area contributed by atoms with Crippen LogP contribution in [-0.2, 0) is 9.57 Å². The molecule has 0 aromatic heterocycles. The van der Waals surface area contributed by atoms with Crippen LogP contribution in [0.15, 0.2) is 47.6 Å². The molecule has 2 aromatic carbocycles. The Balaban J connectivity index is 2.27. The molecule has 0 radical (unpaired) electrons. The monoisotopic (exact) mass is 243 g/mol. The summed E-state index contributed by atoms with van der Waals surface area (Å²) < 4.78 is 4.34. The smallest absolute Gasteiger partial charge is 0.436 e. The van der Waals surface area contributed by atoms with Gasteiger partial charge >= 0.3 is 6.16 Å². The van der Waals surface area contributed by atoms with E-state index in [2.05, 4.69) is 14.7 Å². The fourth-order valence-corrected chi connectivity index (χ4v) is 1.61. The van der Waals surface area contributed by atoms with Gasteiger partial charge in [0.25, 0.3) is 0 Å². The van der Waals surface area contributed by atoms with Crippen LogP contribution in [0.1, 0.15) is 12.5 Å². The minimum atomic E-state index is -0.824. The van der Waals surface area contributed by atoms with E-state index in [0.717, 1.165) is 16.3 Å². The van der Waals surface area contributed by atoms with Crippen LogP contribution >= 0.6 is 0 Å². The Morgan fingerprint density at radius 2 is 1.83 bits per heavy atom. The van der Waals surface area contributed by atoms with Crippen molar-refractivity contribution in [2.45, 2.75) is 6.92 Å². The maximum Gasteiger partial charge on any atom is 0.534 e. The summed E-state index contributed by atoms with van der Waals surface area (Å²) in [6.45, 7) is 1.77. The van der Waals surface area contributed by atoms with E-state index in [1.807, 2.05) is 42.5 Å². The van der Waals surface area contributed by atoms with Gasteiger partial charge in [0.1, 0.15) is 0 Å². The van der Waals surface area contributed by atoms with E-state index in [1.54, 1.807) is 6.92 Å². The minimum Gasteiger partial charge on any atom is -0.436 e. The molecule has 2 aromatic rings. The van der Waals surface area contributed by atoms with Crippen LogP contribution < -0.4 is 0 Å². The van der Waals surface area contributed by atoms with Crippen molar-refractivity contribution in [2.75, 3.05) is 7.11 Å². The molecule has 18 heavy (non-hydrogen) atoms. The molecule has 4 nitrogen and oxygen atoms in total. The molecule has 92 valence electrons. The van der Waals surface area contributed by atoms with Crippen molar-refractivity contribution in [1.82, 2.24) is 0 Å². The number of methoxy groups -OCH3 is 1. The van der Waals surface area contributed by atoms with Crippen LogP contribution in [0.25, 0.3) is 10.8 Å². The van der Waals surface area contributed by atoms with E-state index in [9.17, 15) is 4.79 Å². The third-order valence-corrected chi connectivity index (χ3v) is 2.59. The van der Waals surface area contributed by atoms with Gasteiger partial charge in [-0.05, 0) is 29.3 Å². The lowest BCUT2D eigenvalue weighted by Gasteiger charge is -2.03. The predicted octanol–water partition coefficient (Wildman–Crippen LogP) is 3.35. The van der Waals surface area contributed by atoms with Gasteiger partial charge in [0.2, 0.25) is 0 Å². The molecule has 0 aliphatic rings. The number of rotatable bonds is 2. The molecule has 0 atom stereocenters. The van der Waals surface area contributed by atoms with Gasteiger partial charge in [-0.1, -0.05) is 41.6 Å². The van der Waals surface area contributed by atoms with E-state index < -0.39 is 6.16 Å². The third-order valence-electron chi connectivity index (χ3n) is 2.59. The number of nitrogens with zero attached hydrogens (tertiary/aromatic N) is 1. The van der Waals surface area contributed by atoms with Crippen molar-refractivity contribution in [2.24, 2.45) is 5.16 Å². The summed E-state index contributed by atoms with van der Waals surface area (Å²) in [4.78, 5) is 15.4. The Bertz CT molecular complexity index is 605. The summed E-state index contributed by atoms with van der Waals surface area (Å²) in [7, 11) is 1.24. The SMILES string of the molecule is COC(=O)O/N=C(\C)c1ccc2ccccc2c1. The molecule has 0 unspecified atom stereocenters. The van der Waals surface area contributed by atoms with Gasteiger partial charge in [-0.3, -0.25) is 4.84 Å². The predicted molar refractivity (Wildman–Crippen MR) is 69.6 cm³/mol. The number of benzene rings is 2. The zero-order chi connectivity index (χ0) is 13.0. The topological polar surface area (TPSA) is 47.9 Å². The molecule has 0 saturated carbocycles. The average molecular weight is 243 g/mol. The summed E-state index contributed by atoms with van der Waals surface area (Å²) in [6, 6.07) is 14.0. The maximum atomic E-state index is 10.8. The lowest BCUT2D eigenvalue weighted by Crippen LogP contribution is -2.02. The molecule has 0 heterocycles. The summed E-state index contributed by atoms with van der Waals surface area (Å²) in [5.41, 5.74) is 1.52. The van der Waals surface area contributed by atoms with Crippen LogP contribution in [-0.4, -0.2) is 19.0 Å². The van der Waals surface area contributed by atoms with E-state index in [1.165, 1.54) is 7.11 Å². The van der Waals surface area contributed by atoms with E-state index >= 15 is 0 Å². The highest BCUT2D eigenvalue weighted by Gasteiger charge is 2.03. The third kappa shape index (κ3) is 2.66. The zero-order valence-corrected chi connectivity index (χ0v) is 10.2. The van der Waals surface area contributed by atoms with E-state index in [4.69, 9.17) is 0 Å². The van der Waals surface area contributed by atoms with Gasteiger partial charge < -0.3 is 4.74 Å². The molecule has 4 heteroatoms. The van der Waals surface area contributed by atoms with Gasteiger partial charge in [0.15, 0.2) is 0 Å². The first-order valence-corrected chi connectivity index (χ1v) is 5.49. The summed E-state index contributed by atoms with van der Waals surface area (Å²) in [5.74, 6) is 0. The fraction of sp³-hybridized carbons (Fsp3) is 0.143. The van der Waals surface area contributed by atoms with Crippen molar-refractivity contribution >= 4 is 22.6 Å². The molecule has 0 bridgehead atoms. The fourth-order valence-electron chi connectivity index (χ4n) is 1.61. The molecule has 0 spiro atoms. The van der Waals surface area contributed by atoms with Crippen LogP contribution in [0.4, 0.5) is 4.79 Å². The number of ether oxygens (including phenoxy) is 1. The second kappa shape index (κ2) is 5.31. The number of fused-ring (bicyclic) bond motifs is 1. The van der Waals surface area contributed by atoms with E-state index in [0.29, 0.717) is 5.71 Å². The van der Waals surface area contributed by atoms with Crippen molar-refractivity contribution in [3.63, 3.8) is 0 Å². The summed E-state index contributed by atoms with van der Waals surface area (Å²) >= 11 is 0. The largest absolute Gasteiger partial charge is 0.534 e. The van der Waals surface area contributed by atoms with Gasteiger partial charge in [-0.2, -0.15) is 0 Å². The minimum absolute atomic E-state index is 0.617.